The van der Waals surface area contributed by atoms with E-state index < -0.39 is 11.5 Å². The van der Waals surface area contributed by atoms with E-state index in [4.69, 9.17) is 0 Å². The molecule has 19 heavy (non-hydrogen) atoms. The fourth-order valence-corrected chi connectivity index (χ4v) is 2.84. The van der Waals surface area contributed by atoms with Crippen LogP contribution in [0.15, 0.2) is 24.5 Å². The van der Waals surface area contributed by atoms with Gasteiger partial charge in [0.05, 0.1) is 0 Å². The highest BCUT2D eigenvalue weighted by Crippen LogP contribution is 2.32. The van der Waals surface area contributed by atoms with E-state index in [-0.39, 0.29) is 12.4 Å². The number of carboxylic acid groups (broad SMARTS) is 1. The molecule has 0 aliphatic carbocycles. The van der Waals surface area contributed by atoms with E-state index in [9.17, 15) is 9.90 Å². The maximum Gasteiger partial charge on any atom is 0.324 e. The Morgan fingerprint density at radius 1 is 1.47 bits per heavy atom. The predicted molar refractivity (Wildman–Crippen MR) is 76.7 cm³/mol. The van der Waals surface area contributed by atoms with Crippen molar-refractivity contribution in [1.82, 2.24) is 9.88 Å². The lowest BCUT2D eigenvalue weighted by atomic mass is 9.89. The molecule has 1 aromatic rings. The summed E-state index contributed by atoms with van der Waals surface area (Å²) in [7, 11) is 1.92. The van der Waals surface area contributed by atoms with Gasteiger partial charge in [-0.1, -0.05) is 0 Å². The Kier molecular flexibility index (Phi) is 5.76. The van der Waals surface area contributed by atoms with Gasteiger partial charge >= 0.3 is 5.97 Å². The van der Waals surface area contributed by atoms with E-state index in [2.05, 4.69) is 4.98 Å². The summed E-state index contributed by atoms with van der Waals surface area (Å²) in [5.74, 6) is -0.669. The molecule has 1 aromatic heterocycles. The molecule has 4 nitrogen and oxygen atoms in total. The summed E-state index contributed by atoms with van der Waals surface area (Å²) in [6.07, 6.45) is 7.87. The molecule has 1 unspecified atom stereocenters. The van der Waals surface area contributed by atoms with Gasteiger partial charge in [0, 0.05) is 12.4 Å². The minimum absolute atomic E-state index is 0. The van der Waals surface area contributed by atoms with Crippen LogP contribution in [0.4, 0.5) is 0 Å². The van der Waals surface area contributed by atoms with Crippen molar-refractivity contribution >= 4 is 18.4 Å². The summed E-state index contributed by atoms with van der Waals surface area (Å²) in [5, 5.41) is 9.48. The van der Waals surface area contributed by atoms with Crippen LogP contribution in [0.1, 0.15) is 31.2 Å². The van der Waals surface area contributed by atoms with Crippen molar-refractivity contribution in [3.8, 4) is 0 Å². The van der Waals surface area contributed by atoms with E-state index in [0.717, 1.165) is 38.6 Å². The molecule has 0 aromatic carbocycles. The molecule has 1 fully saturated rings. The van der Waals surface area contributed by atoms with Gasteiger partial charge in [0.2, 0.25) is 0 Å². The van der Waals surface area contributed by atoms with Crippen LogP contribution in [0.25, 0.3) is 0 Å². The second-order valence-corrected chi connectivity index (χ2v) is 5.07. The van der Waals surface area contributed by atoms with Crippen LogP contribution < -0.4 is 0 Å². The number of likely N-dealkylation sites (tertiary alicyclic amines) is 1. The smallest absolute Gasteiger partial charge is 0.324 e. The average molecular weight is 285 g/mol. The normalized spacial score (nSPS) is 23.0. The average Bonchev–Trinajstić information content (AvgIpc) is 2.73. The monoisotopic (exact) mass is 284 g/mol. The van der Waals surface area contributed by atoms with Crippen molar-refractivity contribution in [2.75, 3.05) is 13.6 Å². The van der Waals surface area contributed by atoms with Gasteiger partial charge in [0.1, 0.15) is 5.54 Å². The number of aliphatic carboxylic acids is 1. The number of pyridine rings is 1. The zero-order valence-corrected chi connectivity index (χ0v) is 12.0. The van der Waals surface area contributed by atoms with Gasteiger partial charge in [-0.05, 0) is 63.4 Å². The number of rotatable bonds is 5. The molecule has 0 saturated carbocycles. The van der Waals surface area contributed by atoms with Crippen LogP contribution in [-0.2, 0) is 11.2 Å². The Morgan fingerprint density at radius 3 is 2.68 bits per heavy atom. The fraction of sp³-hybridized carbons (Fsp3) is 0.571. The summed E-state index contributed by atoms with van der Waals surface area (Å²) < 4.78 is 0. The van der Waals surface area contributed by atoms with Crippen molar-refractivity contribution in [2.24, 2.45) is 0 Å². The lowest BCUT2D eigenvalue weighted by molar-refractivity contribution is -0.149. The van der Waals surface area contributed by atoms with Crippen molar-refractivity contribution < 1.29 is 9.90 Å². The van der Waals surface area contributed by atoms with Crippen LogP contribution in [0.5, 0.6) is 0 Å². The molecular weight excluding hydrogens is 264 g/mol. The highest BCUT2D eigenvalue weighted by molar-refractivity contribution is 5.85. The first kappa shape index (κ1) is 15.9. The van der Waals surface area contributed by atoms with Crippen molar-refractivity contribution in [2.45, 2.75) is 37.6 Å². The number of hydrogen-bond acceptors (Lipinski definition) is 3. The highest BCUT2D eigenvalue weighted by Gasteiger charge is 2.44. The minimum atomic E-state index is -0.669. The third-order valence-electron chi connectivity index (χ3n) is 4.02. The molecule has 2 rings (SSSR count). The number of carboxylic acids is 1. The molecule has 1 N–H and O–H groups in total. The number of likely N-dealkylation sites (N-methyl/N-ethyl adjacent to an activating group) is 1. The highest BCUT2D eigenvalue weighted by atomic mass is 35.5. The van der Waals surface area contributed by atoms with Gasteiger partial charge in [-0.3, -0.25) is 14.7 Å². The Hall–Kier alpha value is -1.13. The Balaban J connectivity index is 0.00000180. The largest absolute Gasteiger partial charge is 0.480 e. The lowest BCUT2D eigenvalue weighted by Crippen LogP contribution is -2.48. The summed E-state index contributed by atoms with van der Waals surface area (Å²) in [5.41, 5.74) is 0.596. The molecular formula is C14H21ClN2O2. The standard InChI is InChI=1S/C14H20N2O2.ClH/c1-16-11-3-8-14(16,13(17)18)7-2-4-12-5-9-15-10-6-12;/h5-6,9-10H,2-4,7-8,11H2,1H3,(H,17,18);1H. The first-order valence-electron chi connectivity index (χ1n) is 6.49. The van der Waals surface area contributed by atoms with E-state index >= 15 is 0 Å². The molecule has 0 radical (unpaired) electrons. The number of aromatic nitrogens is 1. The molecule has 1 aliphatic rings. The minimum Gasteiger partial charge on any atom is -0.480 e. The third-order valence-corrected chi connectivity index (χ3v) is 4.02. The zero-order chi connectivity index (χ0) is 13.0. The summed E-state index contributed by atoms with van der Waals surface area (Å²) in [4.78, 5) is 17.5. The SMILES string of the molecule is CN1CCCC1(CCCc1ccncc1)C(=O)O.Cl. The first-order valence-corrected chi connectivity index (χ1v) is 6.49. The van der Waals surface area contributed by atoms with Gasteiger partial charge in [0.15, 0.2) is 0 Å². The van der Waals surface area contributed by atoms with Gasteiger partial charge in [0.25, 0.3) is 0 Å². The molecule has 1 atom stereocenters. The Labute approximate surface area is 120 Å². The van der Waals surface area contributed by atoms with Crippen molar-refractivity contribution in [1.29, 1.82) is 0 Å². The third kappa shape index (κ3) is 3.45. The lowest BCUT2D eigenvalue weighted by Gasteiger charge is -2.31. The maximum atomic E-state index is 11.5. The quantitative estimate of drug-likeness (QED) is 0.902. The van der Waals surface area contributed by atoms with Crippen molar-refractivity contribution in [3.63, 3.8) is 0 Å². The van der Waals surface area contributed by atoms with Crippen LogP contribution >= 0.6 is 12.4 Å². The van der Waals surface area contributed by atoms with E-state index in [1.54, 1.807) is 12.4 Å². The number of nitrogens with zero attached hydrogens (tertiary/aromatic N) is 2. The van der Waals surface area contributed by atoms with Crippen LogP contribution in [0.2, 0.25) is 0 Å². The topological polar surface area (TPSA) is 53.4 Å². The number of hydrogen-bond donors (Lipinski definition) is 1. The second-order valence-electron chi connectivity index (χ2n) is 5.07. The first-order chi connectivity index (χ1) is 8.65. The molecule has 1 aliphatic heterocycles. The molecule has 2 heterocycles. The van der Waals surface area contributed by atoms with Gasteiger partial charge in [-0.2, -0.15) is 0 Å². The zero-order valence-electron chi connectivity index (χ0n) is 11.2. The summed E-state index contributed by atoms with van der Waals surface area (Å²) in [6, 6.07) is 3.98. The van der Waals surface area contributed by atoms with Crippen LogP contribution in [-0.4, -0.2) is 40.1 Å². The van der Waals surface area contributed by atoms with E-state index in [0.29, 0.717) is 0 Å². The Bertz CT molecular complexity index is 413. The maximum absolute atomic E-state index is 11.5. The second kappa shape index (κ2) is 6.87. The van der Waals surface area contributed by atoms with Gasteiger partial charge in [-0.25, -0.2) is 0 Å². The predicted octanol–water partition coefficient (Wildman–Crippen LogP) is 2.38. The molecule has 1 saturated heterocycles. The number of carbonyl (C=O) groups is 1. The molecule has 0 spiro atoms. The number of halogens is 1. The van der Waals surface area contributed by atoms with E-state index in [1.807, 2.05) is 24.1 Å². The summed E-state index contributed by atoms with van der Waals surface area (Å²) >= 11 is 0. The van der Waals surface area contributed by atoms with E-state index in [1.165, 1.54) is 5.56 Å². The number of aryl methyl sites for hydroxylation is 1. The van der Waals surface area contributed by atoms with Crippen LogP contribution in [0, 0.1) is 0 Å². The van der Waals surface area contributed by atoms with Crippen molar-refractivity contribution in [3.05, 3.63) is 30.1 Å². The molecule has 106 valence electrons. The molecule has 0 amide bonds. The Morgan fingerprint density at radius 2 is 2.16 bits per heavy atom. The van der Waals surface area contributed by atoms with Gasteiger partial charge in [-0.15, -0.1) is 12.4 Å². The van der Waals surface area contributed by atoms with Crippen LogP contribution in [0.3, 0.4) is 0 Å². The molecule has 5 heteroatoms. The van der Waals surface area contributed by atoms with Gasteiger partial charge < -0.3 is 5.11 Å². The fourth-order valence-electron chi connectivity index (χ4n) is 2.84. The summed E-state index contributed by atoms with van der Waals surface area (Å²) in [6.45, 7) is 0.890. The molecule has 0 bridgehead atoms.